The van der Waals surface area contributed by atoms with E-state index in [1.807, 2.05) is 0 Å². The Kier molecular flexibility index (Phi) is 12.9. The van der Waals surface area contributed by atoms with Gasteiger partial charge in [0.25, 0.3) is 0 Å². The van der Waals surface area contributed by atoms with Crippen molar-refractivity contribution in [3.8, 4) is 0 Å². The average Bonchev–Trinajstić information content (AvgIpc) is 2.97. The molecule has 15 atom stereocenters. The summed E-state index contributed by atoms with van der Waals surface area (Å²) in [5.74, 6) is -4.47. The molecule has 252 valence electrons. The van der Waals surface area contributed by atoms with Crippen molar-refractivity contribution in [2.75, 3.05) is 32.9 Å². The normalized spacial score (nSPS) is 45.4. The molecule has 0 aliphatic carbocycles. The fourth-order valence-electron chi connectivity index (χ4n) is 4.56. The summed E-state index contributed by atoms with van der Waals surface area (Å²) in [5, 5.41) is 133. The quantitative estimate of drug-likeness (QED) is 0.0833. The van der Waals surface area contributed by atoms with Crippen LogP contribution in [0.2, 0.25) is 0 Å². The zero-order valence-corrected chi connectivity index (χ0v) is 22.4. The minimum atomic E-state index is -3.02. The second kappa shape index (κ2) is 15.3. The van der Waals surface area contributed by atoms with Gasteiger partial charge in [0, 0.05) is 0 Å². The van der Waals surface area contributed by atoms with Gasteiger partial charge in [-0.15, -0.1) is 0 Å². The third-order valence-electron chi connectivity index (χ3n) is 7.05. The van der Waals surface area contributed by atoms with E-state index < -0.39 is 137 Å². The number of hydrogen-bond acceptors (Lipinski definition) is 20. The number of carboxylic acids is 1. The molecule has 21 nitrogen and oxygen atoms in total. The molecular weight excluding hydrogens is 598 g/mol. The minimum absolute atomic E-state index is 0.851. The first-order valence-corrected chi connectivity index (χ1v) is 13.1. The maximum absolute atomic E-state index is 11.2. The highest BCUT2D eigenvalue weighted by atomic mass is 17.0. The molecular formula is C22H39NO20. The number of carbonyl (C=O) groups is 1. The van der Waals surface area contributed by atoms with Crippen LogP contribution in [0, 0.1) is 0 Å². The van der Waals surface area contributed by atoms with Crippen LogP contribution in [-0.2, 0) is 33.2 Å². The number of aliphatic hydroxyl groups excluding tert-OH is 12. The molecule has 0 spiro atoms. The number of ether oxygens (including phenoxy) is 6. The van der Waals surface area contributed by atoms with Gasteiger partial charge >= 0.3 is 11.9 Å². The SMILES string of the molecule is O=C(O)CNCC(OC1O[C@H](CO)[C@H](O)[C@H](O)[C@H]1O)(OC1O[C@H](CO)[C@H](O)[C@H](O)[C@H]1O)OC1O[C@H](CO)[C@H](O)[C@H](O)[C@H]1O. The summed E-state index contributed by atoms with van der Waals surface area (Å²) in [5.41, 5.74) is 0. The van der Waals surface area contributed by atoms with E-state index >= 15 is 0 Å². The van der Waals surface area contributed by atoms with Crippen LogP contribution in [0.1, 0.15) is 0 Å². The van der Waals surface area contributed by atoms with E-state index in [0.717, 1.165) is 0 Å². The zero-order valence-electron chi connectivity index (χ0n) is 22.4. The second-order valence-corrected chi connectivity index (χ2v) is 10.1. The number of hydrogen-bond donors (Lipinski definition) is 14. The molecule has 3 aliphatic heterocycles. The summed E-state index contributed by atoms with van der Waals surface area (Å²) in [4.78, 5) is 11.2. The molecule has 3 aliphatic rings. The van der Waals surface area contributed by atoms with E-state index in [0.29, 0.717) is 0 Å². The van der Waals surface area contributed by atoms with Crippen LogP contribution in [0.5, 0.6) is 0 Å². The lowest BCUT2D eigenvalue weighted by atomic mass is 9.99. The van der Waals surface area contributed by atoms with Gasteiger partial charge in [-0.2, -0.15) is 0 Å². The lowest BCUT2D eigenvalue weighted by Gasteiger charge is -2.49. The maximum atomic E-state index is 11.2. The van der Waals surface area contributed by atoms with Gasteiger partial charge in [0.15, 0.2) is 18.9 Å². The van der Waals surface area contributed by atoms with E-state index in [1.165, 1.54) is 0 Å². The van der Waals surface area contributed by atoms with Crippen LogP contribution in [0.3, 0.4) is 0 Å². The Balaban J connectivity index is 2.05. The largest absolute Gasteiger partial charge is 0.480 e. The predicted octanol–water partition coefficient (Wildman–Crippen LogP) is -9.24. The highest BCUT2D eigenvalue weighted by molar-refractivity contribution is 5.68. The first-order valence-electron chi connectivity index (χ1n) is 13.1. The molecule has 3 fully saturated rings. The van der Waals surface area contributed by atoms with Gasteiger partial charge in [-0.1, -0.05) is 0 Å². The van der Waals surface area contributed by atoms with E-state index in [2.05, 4.69) is 5.32 Å². The smallest absolute Gasteiger partial charge is 0.317 e. The Hall–Kier alpha value is -1.29. The molecule has 3 unspecified atom stereocenters. The van der Waals surface area contributed by atoms with Crippen molar-refractivity contribution in [2.45, 2.75) is 98.1 Å². The summed E-state index contributed by atoms with van der Waals surface area (Å²) in [7, 11) is 0. The van der Waals surface area contributed by atoms with Crippen molar-refractivity contribution in [1.29, 1.82) is 0 Å². The van der Waals surface area contributed by atoms with E-state index in [1.54, 1.807) is 0 Å². The lowest BCUT2D eigenvalue weighted by Crippen LogP contribution is -2.67. The van der Waals surface area contributed by atoms with Gasteiger partial charge in [-0.05, 0) is 0 Å². The Morgan fingerprint density at radius 2 is 0.860 bits per heavy atom. The third-order valence-corrected chi connectivity index (χ3v) is 7.05. The molecule has 21 heteroatoms. The molecule has 3 saturated heterocycles. The van der Waals surface area contributed by atoms with Gasteiger partial charge in [0.05, 0.1) is 32.9 Å². The Labute approximate surface area is 242 Å². The zero-order chi connectivity index (χ0) is 32.2. The molecule has 3 rings (SSSR count). The monoisotopic (exact) mass is 637 g/mol. The second-order valence-electron chi connectivity index (χ2n) is 10.1. The fraction of sp³-hybridized carbons (Fsp3) is 0.955. The first kappa shape index (κ1) is 36.2. The molecule has 0 bridgehead atoms. The summed E-state index contributed by atoms with van der Waals surface area (Å²) in [6.07, 6.45) is -29.2. The van der Waals surface area contributed by atoms with E-state index in [9.17, 15) is 66.1 Å². The topological polar surface area (TPSA) is 347 Å². The van der Waals surface area contributed by atoms with Crippen molar-refractivity contribution in [2.24, 2.45) is 0 Å². The van der Waals surface area contributed by atoms with Crippen molar-refractivity contribution in [3.63, 3.8) is 0 Å². The van der Waals surface area contributed by atoms with Crippen LogP contribution in [0.4, 0.5) is 0 Å². The summed E-state index contributed by atoms with van der Waals surface area (Å²) in [6, 6.07) is 0. The molecule has 0 aromatic rings. The van der Waals surface area contributed by atoms with Crippen molar-refractivity contribution >= 4 is 5.97 Å². The molecule has 0 saturated carbocycles. The summed E-state index contributed by atoms with van der Waals surface area (Å²) >= 11 is 0. The molecule has 0 radical (unpaired) electrons. The maximum Gasteiger partial charge on any atom is 0.317 e. The van der Waals surface area contributed by atoms with Crippen LogP contribution in [-0.4, -0.2) is 203 Å². The molecule has 3 heterocycles. The van der Waals surface area contributed by atoms with Crippen LogP contribution in [0.25, 0.3) is 0 Å². The van der Waals surface area contributed by atoms with Gasteiger partial charge < -0.3 is 80.6 Å². The lowest BCUT2D eigenvalue weighted by molar-refractivity contribution is -0.506. The van der Waals surface area contributed by atoms with Gasteiger partial charge in [-0.25, -0.2) is 0 Å². The van der Waals surface area contributed by atoms with Gasteiger partial charge in [-0.3, -0.25) is 24.3 Å². The molecule has 0 amide bonds. The van der Waals surface area contributed by atoms with E-state index in [4.69, 9.17) is 33.5 Å². The number of carboxylic acid groups (broad SMARTS) is 1. The van der Waals surface area contributed by atoms with Crippen molar-refractivity contribution in [1.82, 2.24) is 5.32 Å². The third kappa shape index (κ3) is 8.11. The fourth-order valence-corrected chi connectivity index (χ4v) is 4.56. The summed E-state index contributed by atoms with van der Waals surface area (Å²) < 4.78 is 32.8. The molecule has 43 heavy (non-hydrogen) atoms. The summed E-state index contributed by atoms with van der Waals surface area (Å²) in [6.45, 7) is -4.60. The van der Waals surface area contributed by atoms with E-state index in [-0.39, 0.29) is 0 Å². The molecule has 0 aromatic heterocycles. The Bertz CT molecular complexity index is 787. The number of rotatable bonds is 13. The minimum Gasteiger partial charge on any atom is -0.480 e. The highest BCUT2D eigenvalue weighted by Crippen LogP contribution is 2.34. The molecule has 14 N–H and O–H groups in total. The van der Waals surface area contributed by atoms with Gasteiger partial charge in [0.1, 0.15) is 73.2 Å². The van der Waals surface area contributed by atoms with Crippen LogP contribution < -0.4 is 5.32 Å². The first-order chi connectivity index (χ1) is 20.2. The van der Waals surface area contributed by atoms with Gasteiger partial charge in [0.2, 0.25) is 0 Å². The molecule has 0 aromatic carbocycles. The standard InChI is InChI=1S/C22H39NO20/c24-2-6-10(29)13(32)16(35)19(38-6)41-22(5-23-1-9(27)28,42-20-17(36)14(33)11(30)7(3-25)39-20)43-21-18(37)15(34)12(31)8(4-26)40-21/h6-8,10-21,23-26,29-37H,1-5H2,(H,27,28)/t6-,7-,8-,10+,11+,12+,13+,14+,15+,16-,17-,18-,19?,20?,21?,22?/m1/s1. The average molecular weight is 638 g/mol. The predicted molar refractivity (Wildman–Crippen MR) is 128 cm³/mol. The number of aliphatic carboxylic acids is 1. The number of nitrogens with one attached hydrogen (secondary N) is 1. The number of aliphatic hydroxyl groups is 12. The van der Waals surface area contributed by atoms with Crippen LogP contribution in [0.15, 0.2) is 0 Å². The van der Waals surface area contributed by atoms with Crippen molar-refractivity contribution < 1.29 is 99.6 Å². The van der Waals surface area contributed by atoms with Crippen LogP contribution >= 0.6 is 0 Å². The highest BCUT2D eigenvalue weighted by Gasteiger charge is 2.55. The Morgan fingerprint density at radius 1 is 0.558 bits per heavy atom. The Morgan fingerprint density at radius 3 is 1.12 bits per heavy atom. The van der Waals surface area contributed by atoms with Crippen molar-refractivity contribution in [3.05, 3.63) is 0 Å².